The quantitative estimate of drug-likeness (QED) is 0.756. The van der Waals surface area contributed by atoms with Gasteiger partial charge in [-0.25, -0.2) is 4.79 Å². The van der Waals surface area contributed by atoms with Gasteiger partial charge in [-0.15, -0.1) is 0 Å². The van der Waals surface area contributed by atoms with E-state index in [1.165, 1.54) is 0 Å². The van der Waals surface area contributed by atoms with E-state index in [1.54, 1.807) is 30.1 Å². The minimum absolute atomic E-state index is 0.0243. The number of carbonyl (C=O) groups excluding carboxylic acids is 2. The molecular weight excluding hydrogens is 348 g/mol. The number of amides is 2. The molecule has 0 radical (unpaired) electrons. The zero-order valence-electron chi connectivity index (χ0n) is 16.7. The first-order valence-electron chi connectivity index (χ1n) is 9.21. The molecule has 0 aliphatic carbocycles. The van der Waals surface area contributed by atoms with Crippen molar-refractivity contribution in [3.05, 3.63) is 23.8 Å². The van der Waals surface area contributed by atoms with Crippen LogP contribution in [0.15, 0.2) is 18.2 Å². The van der Waals surface area contributed by atoms with Crippen molar-refractivity contribution < 1.29 is 23.8 Å². The van der Waals surface area contributed by atoms with Gasteiger partial charge in [0, 0.05) is 24.7 Å². The normalized spacial score (nSPS) is 22.0. The van der Waals surface area contributed by atoms with E-state index in [9.17, 15) is 9.59 Å². The van der Waals surface area contributed by atoms with E-state index < -0.39 is 17.2 Å². The van der Waals surface area contributed by atoms with Crippen LogP contribution in [0.3, 0.4) is 0 Å². The predicted octanol–water partition coefficient (Wildman–Crippen LogP) is 2.82. The molecular formula is C20H28N2O5. The summed E-state index contributed by atoms with van der Waals surface area (Å²) in [5.41, 5.74) is -0.422. The number of β-lactam (4-membered cyclic amide) rings is 1. The summed E-state index contributed by atoms with van der Waals surface area (Å²) < 4.78 is 16.1. The third-order valence-electron chi connectivity index (χ3n) is 5.10. The summed E-state index contributed by atoms with van der Waals surface area (Å²) in [6.45, 7) is 7.01. The monoisotopic (exact) mass is 376 g/mol. The van der Waals surface area contributed by atoms with Crippen LogP contribution >= 0.6 is 0 Å². The highest BCUT2D eigenvalue weighted by atomic mass is 16.6. The van der Waals surface area contributed by atoms with Gasteiger partial charge in [0.2, 0.25) is 0 Å². The fourth-order valence-electron chi connectivity index (χ4n) is 3.82. The molecule has 2 amide bonds. The van der Waals surface area contributed by atoms with E-state index in [0.717, 1.165) is 12.0 Å². The van der Waals surface area contributed by atoms with Crippen molar-refractivity contribution in [3.8, 4) is 11.5 Å². The second-order valence-corrected chi connectivity index (χ2v) is 8.11. The van der Waals surface area contributed by atoms with Gasteiger partial charge < -0.3 is 19.1 Å². The summed E-state index contributed by atoms with van der Waals surface area (Å²) in [5.74, 6) is 1.36. The van der Waals surface area contributed by atoms with E-state index in [1.807, 2.05) is 32.9 Å². The van der Waals surface area contributed by atoms with Gasteiger partial charge in [0.1, 0.15) is 22.6 Å². The molecule has 2 heterocycles. The maximum Gasteiger partial charge on any atom is 0.411 e. The van der Waals surface area contributed by atoms with Gasteiger partial charge in [-0.2, -0.15) is 0 Å². The molecule has 2 saturated heterocycles. The molecule has 7 heteroatoms. The van der Waals surface area contributed by atoms with Crippen molar-refractivity contribution >= 4 is 12.0 Å². The Kier molecular flexibility index (Phi) is 4.97. The Morgan fingerprint density at radius 1 is 1.22 bits per heavy atom. The van der Waals surface area contributed by atoms with Gasteiger partial charge in [-0.1, -0.05) is 0 Å². The Morgan fingerprint density at radius 3 is 2.56 bits per heavy atom. The molecule has 2 aliphatic rings. The first-order chi connectivity index (χ1) is 12.7. The molecule has 0 N–H and O–H groups in total. The third kappa shape index (κ3) is 3.55. The summed E-state index contributed by atoms with van der Waals surface area (Å²) in [6.07, 6.45) is 1.08. The van der Waals surface area contributed by atoms with Crippen LogP contribution in [0.2, 0.25) is 0 Å². The summed E-state index contributed by atoms with van der Waals surface area (Å²) in [5, 5.41) is 0. The van der Waals surface area contributed by atoms with Crippen LogP contribution in [0, 0.1) is 0 Å². The second-order valence-electron chi connectivity index (χ2n) is 8.11. The Labute approximate surface area is 160 Å². The zero-order chi connectivity index (χ0) is 19.8. The maximum atomic E-state index is 13.0. The van der Waals surface area contributed by atoms with Gasteiger partial charge in [-0.05, 0) is 45.7 Å². The number of likely N-dealkylation sites (tertiary alicyclic amines) is 2. The average Bonchev–Trinajstić information content (AvgIpc) is 3.06. The lowest BCUT2D eigenvalue weighted by atomic mass is 9.85. The summed E-state index contributed by atoms with van der Waals surface area (Å²) in [6, 6.07) is 5.55. The lowest BCUT2D eigenvalue weighted by molar-refractivity contribution is -0.161. The van der Waals surface area contributed by atoms with Gasteiger partial charge in [-0.3, -0.25) is 9.69 Å². The van der Waals surface area contributed by atoms with E-state index in [0.29, 0.717) is 37.6 Å². The average molecular weight is 376 g/mol. The van der Waals surface area contributed by atoms with E-state index in [4.69, 9.17) is 14.2 Å². The van der Waals surface area contributed by atoms with Crippen molar-refractivity contribution in [2.45, 2.75) is 51.3 Å². The highest BCUT2D eigenvalue weighted by molar-refractivity contribution is 5.96. The Hall–Kier alpha value is -2.44. The number of nitrogens with zero attached hydrogens (tertiary/aromatic N) is 2. The fraction of sp³-hybridized carbons (Fsp3) is 0.600. The van der Waals surface area contributed by atoms with Crippen LogP contribution in [-0.4, -0.2) is 60.2 Å². The SMILES string of the molecule is COc1ccc(CN2C[C@@]3(CCCN3C(=O)OC(C)(C)C)C2=O)c(OC)c1. The molecule has 1 aromatic carbocycles. The molecule has 2 fully saturated rings. The van der Waals surface area contributed by atoms with E-state index in [2.05, 4.69) is 0 Å². The smallest absolute Gasteiger partial charge is 0.411 e. The molecule has 7 nitrogen and oxygen atoms in total. The number of ether oxygens (including phenoxy) is 3. The minimum Gasteiger partial charge on any atom is -0.497 e. The molecule has 0 saturated carbocycles. The molecule has 1 aromatic rings. The number of hydrogen-bond acceptors (Lipinski definition) is 5. The van der Waals surface area contributed by atoms with E-state index in [-0.39, 0.29) is 5.91 Å². The number of methoxy groups -OCH3 is 2. The number of rotatable bonds is 4. The molecule has 27 heavy (non-hydrogen) atoms. The van der Waals surface area contributed by atoms with Crippen LogP contribution in [0.5, 0.6) is 11.5 Å². The standard InChI is InChI=1S/C20H28N2O5/c1-19(2,3)27-18(24)22-10-6-9-20(22)13-21(17(20)23)12-14-7-8-15(25-4)11-16(14)26-5/h7-8,11H,6,9-10,12-13H2,1-5H3/t20-/m0/s1. The summed E-state index contributed by atoms with van der Waals surface area (Å²) >= 11 is 0. The van der Waals surface area contributed by atoms with Crippen molar-refractivity contribution in [1.29, 1.82) is 0 Å². The third-order valence-corrected chi connectivity index (χ3v) is 5.10. The predicted molar refractivity (Wildman–Crippen MR) is 99.9 cm³/mol. The topological polar surface area (TPSA) is 68.3 Å². The Morgan fingerprint density at radius 2 is 1.96 bits per heavy atom. The first kappa shape index (κ1) is 19.3. The van der Waals surface area contributed by atoms with Crippen molar-refractivity contribution in [2.75, 3.05) is 27.3 Å². The number of carbonyl (C=O) groups is 2. The molecule has 1 spiro atoms. The molecule has 0 unspecified atom stereocenters. The van der Waals surface area contributed by atoms with E-state index >= 15 is 0 Å². The Bertz CT molecular complexity index is 742. The van der Waals surface area contributed by atoms with Gasteiger partial charge in [0.15, 0.2) is 0 Å². The first-order valence-corrected chi connectivity index (χ1v) is 9.21. The highest BCUT2D eigenvalue weighted by Gasteiger charge is 2.60. The van der Waals surface area contributed by atoms with Crippen molar-refractivity contribution in [1.82, 2.24) is 9.80 Å². The molecule has 3 rings (SSSR count). The van der Waals surface area contributed by atoms with Gasteiger partial charge in [0.25, 0.3) is 5.91 Å². The second kappa shape index (κ2) is 6.94. The van der Waals surface area contributed by atoms with Gasteiger partial charge >= 0.3 is 6.09 Å². The van der Waals surface area contributed by atoms with Crippen LogP contribution in [0.1, 0.15) is 39.2 Å². The molecule has 1 atom stereocenters. The lowest BCUT2D eigenvalue weighted by Crippen LogP contribution is -2.72. The van der Waals surface area contributed by atoms with Crippen LogP contribution in [0.4, 0.5) is 4.79 Å². The van der Waals surface area contributed by atoms with Crippen LogP contribution < -0.4 is 9.47 Å². The fourth-order valence-corrected chi connectivity index (χ4v) is 3.82. The maximum absolute atomic E-state index is 13.0. The van der Waals surface area contributed by atoms with Gasteiger partial charge in [0.05, 0.1) is 20.8 Å². The zero-order valence-corrected chi connectivity index (χ0v) is 16.7. The van der Waals surface area contributed by atoms with Crippen molar-refractivity contribution in [3.63, 3.8) is 0 Å². The molecule has 0 bridgehead atoms. The minimum atomic E-state index is -0.748. The van der Waals surface area contributed by atoms with Crippen molar-refractivity contribution in [2.24, 2.45) is 0 Å². The molecule has 2 aliphatic heterocycles. The number of benzene rings is 1. The number of hydrogen-bond donors (Lipinski definition) is 0. The van der Waals surface area contributed by atoms with Crippen LogP contribution in [0.25, 0.3) is 0 Å². The molecule has 148 valence electrons. The molecule has 0 aromatic heterocycles. The summed E-state index contributed by atoms with van der Waals surface area (Å²) in [7, 11) is 3.20. The largest absolute Gasteiger partial charge is 0.497 e. The van der Waals surface area contributed by atoms with Crippen LogP contribution in [-0.2, 0) is 16.1 Å². The highest BCUT2D eigenvalue weighted by Crippen LogP contribution is 2.41. The summed E-state index contributed by atoms with van der Waals surface area (Å²) in [4.78, 5) is 28.9. The lowest BCUT2D eigenvalue weighted by Gasteiger charge is -2.51. The Balaban J connectivity index is 1.71.